The van der Waals surface area contributed by atoms with Gasteiger partial charge in [-0.1, -0.05) is 30.3 Å². The van der Waals surface area contributed by atoms with Crippen molar-refractivity contribution in [3.8, 4) is 23.3 Å². The first-order valence-electron chi connectivity index (χ1n) is 12.0. The Bertz CT molecular complexity index is 1110. The minimum absolute atomic E-state index is 0.214. The summed E-state index contributed by atoms with van der Waals surface area (Å²) >= 11 is 0. The number of rotatable bonds is 8. The third kappa shape index (κ3) is 5.09. The molecular weight excluding hydrogens is 462 g/mol. The summed E-state index contributed by atoms with van der Waals surface area (Å²) in [6, 6.07) is 13.9. The van der Waals surface area contributed by atoms with E-state index in [1.807, 2.05) is 30.3 Å². The molecular formula is C27H31N3O6. The Kier molecular flexibility index (Phi) is 7.96. The number of nitrogens with zero attached hydrogens (tertiary/aromatic N) is 3. The molecule has 0 aromatic heterocycles. The van der Waals surface area contributed by atoms with Crippen LogP contribution in [0, 0.1) is 11.3 Å². The van der Waals surface area contributed by atoms with Gasteiger partial charge in [0, 0.05) is 32.2 Å². The highest BCUT2D eigenvalue weighted by Gasteiger charge is 2.44. The van der Waals surface area contributed by atoms with Gasteiger partial charge in [-0.05, 0) is 30.5 Å². The summed E-state index contributed by atoms with van der Waals surface area (Å²) in [5.74, 6) is 0.532. The van der Waals surface area contributed by atoms with Gasteiger partial charge in [-0.15, -0.1) is 0 Å². The van der Waals surface area contributed by atoms with Crippen molar-refractivity contribution in [3.05, 3.63) is 53.6 Å². The van der Waals surface area contributed by atoms with Crippen LogP contribution in [0.15, 0.2) is 42.5 Å². The zero-order valence-corrected chi connectivity index (χ0v) is 20.8. The zero-order valence-electron chi connectivity index (χ0n) is 20.8. The molecule has 9 nitrogen and oxygen atoms in total. The van der Waals surface area contributed by atoms with Gasteiger partial charge in [0.1, 0.15) is 18.7 Å². The molecule has 0 radical (unpaired) electrons. The van der Waals surface area contributed by atoms with Gasteiger partial charge < -0.3 is 28.7 Å². The fourth-order valence-corrected chi connectivity index (χ4v) is 4.82. The van der Waals surface area contributed by atoms with Gasteiger partial charge >= 0.3 is 0 Å². The number of carbonyl (C=O) groups excluding carboxylic acids is 2. The summed E-state index contributed by atoms with van der Waals surface area (Å²) in [4.78, 5) is 30.2. The van der Waals surface area contributed by atoms with E-state index in [2.05, 4.69) is 6.07 Å². The van der Waals surface area contributed by atoms with Gasteiger partial charge in [-0.25, -0.2) is 0 Å². The molecule has 36 heavy (non-hydrogen) atoms. The highest BCUT2D eigenvalue weighted by Crippen LogP contribution is 2.40. The lowest BCUT2D eigenvalue weighted by Crippen LogP contribution is -2.49. The number of nitriles is 1. The summed E-state index contributed by atoms with van der Waals surface area (Å²) < 4.78 is 22.6. The van der Waals surface area contributed by atoms with Crippen LogP contribution in [0.4, 0.5) is 0 Å². The summed E-state index contributed by atoms with van der Waals surface area (Å²) in [5, 5.41) is 9.45. The first-order chi connectivity index (χ1) is 17.5. The van der Waals surface area contributed by atoms with Crippen LogP contribution in [0.5, 0.6) is 17.2 Å². The fraction of sp³-hybridized carbons (Fsp3) is 0.444. The standard InChI is InChI=1S/C27H31N3O6/c1-33-21-14-22(27(32)29-11-7-10-20(29)15-28)30(16-21)26(31)19-12-23(34-2)25(24(13-19)35-3)36-17-18-8-5-4-6-9-18/h4-6,8-9,12-13,20-22H,7,10-11,14,16-17H2,1-3H3/t20?,21-,22+/m1/s1. The van der Waals surface area contributed by atoms with Crippen LogP contribution in [0.2, 0.25) is 0 Å². The van der Waals surface area contributed by atoms with Crippen LogP contribution < -0.4 is 14.2 Å². The summed E-state index contributed by atoms with van der Waals surface area (Å²) in [6.07, 6.45) is 1.53. The monoisotopic (exact) mass is 493 g/mol. The molecule has 2 aromatic carbocycles. The quantitative estimate of drug-likeness (QED) is 0.557. The van der Waals surface area contributed by atoms with E-state index in [1.165, 1.54) is 19.1 Å². The first kappa shape index (κ1) is 25.3. The number of amides is 2. The first-order valence-corrected chi connectivity index (χ1v) is 12.0. The summed E-state index contributed by atoms with van der Waals surface area (Å²) in [7, 11) is 4.56. The lowest BCUT2D eigenvalue weighted by Gasteiger charge is -2.29. The third-order valence-electron chi connectivity index (χ3n) is 6.76. The number of methoxy groups -OCH3 is 3. The van der Waals surface area contributed by atoms with Crippen molar-refractivity contribution < 1.29 is 28.5 Å². The molecule has 2 aromatic rings. The molecule has 190 valence electrons. The molecule has 2 aliphatic heterocycles. The van der Waals surface area contributed by atoms with Gasteiger partial charge in [0.2, 0.25) is 11.7 Å². The van der Waals surface area contributed by atoms with Gasteiger partial charge in [0.15, 0.2) is 11.5 Å². The predicted molar refractivity (Wildman–Crippen MR) is 131 cm³/mol. The number of hydrogen-bond donors (Lipinski definition) is 0. The van der Waals surface area contributed by atoms with E-state index in [9.17, 15) is 14.9 Å². The van der Waals surface area contributed by atoms with E-state index in [-0.39, 0.29) is 24.5 Å². The maximum atomic E-state index is 13.7. The molecule has 4 rings (SSSR count). The Balaban J connectivity index is 1.60. The zero-order chi connectivity index (χ0) is 25.7. The smallest absolute Gasteiger partial charge is 0.254 e. The normalized spacial score (nSPS) is 21.2. The molecule has 9 heteroatoms. The molecule has 2 amide bonds. The van der Waals surface area contributed by atoms with Crippen molar-refractivity contribution in [1.29, 1.82) is 5.26 Å². The average Bonchev–Trinajstić information content (AvgIpc) is 3.58. The number of likely N-dealkylation sites (tertiary alicyclic amines) is 2. The largest absolute Gasteiger partial charge is 0.493 e. The van der Waals surface area contributed by atoms with Crippen molar-refractivity contribution in [3.63, 3.8) is 0 Å². The highest BCUT2D eigenvalue weighted by atomic mass is 16.5. The van der Waals surface area contributed by atoms with Crippen LogP contribution >= 0.6 is 0 Å². The van der Waals surface area contributed by atoms with E-state index in [0.29, 0.717) is 48.8 Å². The maximum Gasteiger partial charge on any atom is 0.254 e. The predicted octanol–water partition coefficient (Wildman–Crippen LogP) is 3.03. The van der Waals surface area contributed by atoms with E-state index < -0.39 is 12.1 Å². The molecule has 0 N–H and O–H groups in total. The minimum Gasteiger partial charge on any atom is -0.493 e. The van der Waals surface area contributed by atoms with Crippen molar-refractivity contribution in [2.24, 2.45) is 0 Å². The van der Waals surface area contributed by atoms with Gasteiger partial charge in [-0.3, -0.25) is 9.59 Å². The number of carbonyl (C=O) groups is 2. The lowest BCUT2D eigenvalue weighted by molar-refractivity contribution is -0.135. The Hall–Kier alpha value is -3.77. The Labute approximate surface area is 211 Å². The fourth-order valence-electron chi connectivity index (χ4n) is 4.82. The number of ether oxygens (including phenoxy) is 4. The van der Waals surface area contributed by atoms with E-state index in [4.69, 9.17) is 18.9 Å². The highest BCUT2D eigenvalue weighted by molar-refractivity contribution is 5.99. The molecule has 2 fully saturated rings. The maximum absolute atomic E-state index is 13.7. The van der Waals surface area contributed by atoms with Crippen molar-refractivity contribution in [2.45, 2.75) is 44.1 Å². The third-order valence-corrected chi connectivity index (χ3v) is 6.76. The van der Waals surface area contributed by atoms with Crippen LogP contribution in [-0.4, -0.2) is 74.2 Å². The molecule has 0 bridgehead atoms. The van der Waals surface area contributed by atoms with Crippen LogP contribution in [0.3, 0.4) is 0 Å². The molecule has 1 unspecified atom stereocenters. The Morgan fingerprint density at radius 3 is 2.36 bits per heavy atom. The number of benzene rings is 2. The van der Waals surface area contributed by atoms with E-state index in [1.54, 1.807) is 24.1 Å². The van der Waals surface area contributed by atoms with Crippen molar-refractivity contribution >= 4 is 11.8 Å². The second-order valence-corrected chi connectivity index (χ2v) is 8.87. The van der Waals surface area contributed by atoms with Gasteiger partial charge in [-0.2, -0.15) is 5.26 Å². The minimum atomic E-state index is -0.706. The van der Waals surface area contributed by atoms with E-state index >= 15 is 0 Å². The average molecular weight is 494 g/mol. The molecule has 0 saturated carbocycles. The molecule has 2 aliphatic rings. The lowest BCUT2D eigenvalue weighted by atomic mass is 10.1. The molecule has 3 atom stereocenters. The molecule has 0 aliphatic carbocycles. The van der Waals surface area contributed by atoms with Crippen LogP contribution in [-0.2, 0) is 16.1 Å². The molecule has 0 spiro atoms. The summed E-state index contributed by atoms with van der Waals surface area (Å²) in [5.41, 5.74) is 1.28. The van der Waals surface area contributed by atoms with Gasteiger partial charge in [0.25, 0.3) is 5.91 Å². The second kappa shape index (κ2) is 11.3. The number of hydrogen-bond acceptors (Lipinski definition) is 7. The molecule has 2 saturated heterocycles. The SMILES string of the molecule is COc1cc(C(=O)N2C[C@H](OC)C[C@H]2C(=O)N2CCCC2C#N)cc(OC)c1OCc1ccccc1. The van der Waals surface area contributed by atoms with Crippen molar-refractivity contribution in [1.82, 2.24) is 9.80 Å². The van der Waals surface area contributed by atoms with Crippen molar-refractivity contribution in [2.75, 3.05) is 34.4 Å². The van der Waals surface area contributed by atoms with E-state index in [0.717, 1.165) is 12.0 Å². The Morgan fingerprint density at radius 2 is 1.75 bits per heavy atom. The Morgan fingerprint density at radius 1 is 1.06 bits per heavy atom. The van der Waals surface area contributed by atoms with Gasteiger partial charge in [0.05, 0.1) is 26.4 Å². The molecule has 2 heterocycles. The topological polar surface area (TPSA) is 101 Å². The summed E-state index contributed by atoms with van der Waals surface area (Å²) in [6.45, 7) is 1.09. The van der Waals surface area contributed by atoms with Crippen LogP contribution in [0.25, 0.3) is 0 Å². The second-order valence-electron chi connectivity index (χ2n) is 8.87. The van der Waals surface area contributed by atoms with Crippen LogP contribution in [0.1, 0.15) is 35.2 Å².